The van der Waals surface area contributed by atoms with Gasteiger partial charge in [0.15, 0.2) is 0 Å². The summed E-state index contributed by atoms with van der Waals surface area (Å²) in [7, 11) is 1.82. The number of benzene rings is 1. The van der Waals surface area contributed by atoms with E-state index in [0.29, 0.717) is 22.3 Å². The van der Waals surface area contributed by atoms with Gasteiger partial charge < -0.3 is 10.5 Å². The van der Waals surface area contributed by atoms with Crippen LogP contribution in [0, 0.1) is 6.92 Å². The fraction of sp³-hybridized carbons (Fsp3) is 0.357. The van der Waals surface area contributed by atoms with E-state index in [0.717, 1.165) is 11.3 Å². The van der Waals surface area contributed by atoms with Crippen LogP contribution in [0.5, 0.6) is 11.6 Å². The quantitative estimate of drug-likeness (QED) is 0.928. The van der Waals surface area contributed by atoms with Crippen molar-refractivity contribution < 1.29 is 4.74 Å². The van der Waals surface area contributed by atoms with Crippen LogP contribution in [0.25, 0.3) is 0 Å². The number of hydrogen-bond acceptors (Lipinski definition) is 3. The number of nitrogens with two attached hydrogens (primary N) is 1. The van der Waals surface area contributed by atoms with E-state index in [1.807, 2.05) is 40.0 Å². The highest BCUT2D eigenvalue weighted by Gasteiger charge is 2.18. The molecule has 2 aromatic rings. The lowest BCUT2D eigenvalue weighted by atomic mass is 10.1. The van der Waals surface area contributed by atoms with E-state index in [4.69, 9.17) is 22.1 Å². The van der Waals surface area contributed by atoms with Gasteiger partial charge in [-0.3, -0.25) is 0 Å². The van der Waals surface area contributed by atoms with Crippen LogP contribution in [0.3, 0.4) is 0 Å². The lowest BCUT2D eigenvalue weighted by Gasteiger charge is -2.09. The Morgan fingerprint density at radius 2 is 2.05 bits per heavy atom. The van der Waals surface area contributed by atoms with E-state index in [2.05, 4.69) is 5.10 Å². The Bertz CT molecular complexity index is 605. The van der Waals surface area contributed by atoms with Gasteiger partial charge in [0, 0.05) is 12.1 Å². The zero-order valence-electron chi connectivity index (χ0n) is 11.6. The number of halogens is 1. The molecule has 0 unspecified atom stereocenters. The second-order valence-electron chi connectivity index (χ2n) is 4.89. The minimum Gasteiger partial charge on any atom is -0.437 e. The van der Waals surface area contributed by atoms with E-state index in [9.17, 15) is 0 Å². The van der Waals surface area contributed by atoms with Crippen LogP contribution < -0.4 is 10.5 Å². The largest absolute Gasteiger partial charge is 0.437 e. The number of anilines is 1. The average molecular weight is 280 g/mol. The van der Waals surface area contributed by atoms with Crippen molar-refractivity contribution in [2.24, 2.45) is 7.05 Å². The molecule has 5 heteroatoms. The molecule has 0 bridgehead atoms. The first kappa shape index (κ1) is 13.7. The number of nitrogens with zero attached hydrogens (tertiary/aromatic N) is 2. The summed E-state index contributed by atoms with van der Waals surface area (Å²) in [4.78, 5) is 0. The Morgan fingerprint density at radius 1 is 1.37 bits per heavy atom. The smallest absolute Gasteiger partial charge is 0.241 e. The molecule has 1 aromatic carbocycles. The third-order valence-electron chi connectivity index (χ3n) is 2.96. The molecule has 0 aliphatic heterocycles. The maximum Gasteiger partial charge on any atom is 0.241 e. The van der Waals surface area contributed by atoms with Crippen molar-refractivity contribution in [3.63, 3.8) is 0 Å². The Labute approximate surface area is 118 Å². The molecule has 4 nitrogen and oxygen atoms in total. The van der Waals surface area contributed by atoms with Crippen LogP contribution in [0.2, 0.25) is 5.02 Å². The maximum absolute atomic E-state index is 6.10. The van der Waals surface area contributed by atoms with E-state index in [-0.39, 0.29) is 5.92 Å². The summed E-state index contributed by atoms with van der Waals surface area (Å²) in [5, 5.41) is 5.02. The third-order valence-corrected chi connectivity index (χ3v) is 3.20. The van der Waals surface area contributed by atoms with Crippen molar-refractivity contribution in [3.8, 4) is 11.6 Å². The topological polar surface area (TPSA) is 53.1 Å². The van der Waals surface area contributed by atoms with Gasteiger partial charge >= 0.3 is 0 Å². The van der Waals surface area contributed by atoms with Crippen molar-refractivity contribution in [1.29, 1.82) is 0 Å². The highest BCUT2D eigenvalue weighted by atomic mass is 35.5. The lowest BCUT2D eigenvalue weighted by molar-refractivity contribution is 0.429. The summed E-state index contributed by atoms with van der Waals surface area (Å²) in [6.07, 6.45) is 0. The first-order valence-electron chi connectivity index (χ1n) is 6.16. The summed E-state index contributed by atoms with van der Waals surface area (Å²) in [6, 6.07) is 5.52. The van der Waals surface area contributed by atoms with Crippen LogP contribution in [-0.4, -0.2) is 9.78 Å². The molecule has 0 spiro atoms. The van der Waals surface area contributed by atoms with Crippen LogP contribution in [0.15, 0.2) is 18.2 Å². The molecule has 0 aliphatic rings. The van der Waals surface area contributed by atoms with Gasteiger partial charge in [0.1, 0.15) is 11.4 Å². The first-order valence-corrected chi connectivity index (χ1v) is 6.54. The predicted octanol–water partition coefficient (Wildman–Crippen LogP) is 3.88. The van der Waals surface area contributed by atoms with E-state index in [1.54, 1.807) is 10.7 Å². The lowest BCUT2D eigenvalue weighted by Crippen LogP contribution is -1.98. The minimum atomic E-state index is 0.254. The van der Waals surface area contributed by atoms with Crippen LogP contribution in [0.4, 0.5) is 5.69 Å². The molecule has 1 heterocycles. The van der Waals surface area contributed by atoms with Gasteiger partial charge in [-0.25, -0.2) is 4.68 Å². The highest BCUT2D eigenvalue weighted by molar-refractivity contribution is 6.30. The molecule has 19 heavy (non-hydrogen) atoms. The van der Waals surface area contributed by atoms with Crippen LogP contribution in [0.1, 0.15) is 31.0 Å². The van der Waals surface area contributed by atoms with Crippen LogP contribution in [-0.2, 0) is 7.05 Å². The summed E-state index contributed by atoms with van der Waals surface area (Å²) < 4.78 is 7.53. The number of nitrogen functional groups attached to an aromatic ring is 1. The Hall–Kier alpha value is -1.68. The number of aromatic nitrogens is 2. The Balaban J connectivity index is 2.41. The van der Waals surface area contributed by atoms with Crippen molar-refractivity contribution in [3.05, 3.63) is 34.5 Å². The van der Waals surface area contributed by atoms with Crippen molar-refractivity contribution in [2.45, 2.75) is 26.7 Å². The highest BCUT2D eigenvalue weighted by Crippen LogP contribution is 2.35. The Kier molecular flexibility index (Phi) is 3.71. The summed E-state index contributed by atoms with van der Waals surface area (Å²) in [5.41, 5.74) is 8.52. The van der Waals surface area contributed by atoms with Crippen molar-refractivity contribution in [2.75, 3.05) is 5.73 Å². The molecule has 0 atom stereocenters. The fourth-order valence-electron chi connectivity index (χ4n) is 1.88. The molecule has 2 N–H and O–H groups in total. The second kappa shape index (κ2) is 5.13. The molecule has 1 aromatic heterocycles. The van der Waals surface area contributed by atoms with Gasteiger partial charge in [-0.1, -0.05) is 31.5 Å². The predicted molar refractivity (Wildman–Crippen MR) is 78.0 cm³/mol. The standard InChI is InChI=1S/C14H18ClN3O/c1-8(2)13-12(16)14(18(4)17-13)19-11-7-10(15)6-5-9(11)3/h5-8H,16H2,1-4H3. The molecular weight excluding hydrogens is 262 g/mol. The van der Waals surface area contributed by atoms with Crippen molar-refractivity contribution in [1.82, 2.24) is 9.78 Å². The number of aryl methyl sites for hydroxylation is 2. The van der Waals surface area contributed by atoms with Gasteiger partial charge in [-0.15, -0.1) is 0 Å². The normalized spacial score (nSPS) is 11.1. The van der Waals surface area contributed by atoms with Gasteiger partial charge in [-0.05, 0) is 30.5 Å². The molecule has 0 aliphatic carbocycles. The first-order chi connectivity index (χ1) is 8.90. The zero-order chi connectivity index (χ0) is 14.2. The van der Waals surface area contributed by atoms with Crippen molar-refractivity contribution >= 4 is 17.3 Å². The van der Waals surface area contributed by atoms with E-state index >= 15 is 0 Å². The molecule has 0 radical (unpaired) electrons. The SMILES string of the molecule is Cc1ccc(Cl)cc1Oc1c(N)c(C(C)C)nn1C. The average Bonchev–Trinajstić information content (AvgIpc) is 2.62. The van der Waals surface area contributed by atoms with Crippen LogP contribution >= 0.6 is 11.6 Å². The Morgan fingerprint density at radius 3 is 2.63 bits per heavy atom. The monoisotopic (exact) mass is 279 g/mol. The molecular formula is C14H18ClN3O. The van der Waals surface area contributed by atoms with E-state index < -0.39 is 0 Å². The fourth-order valence-corrected chi connectivity index (χ4v) is 2.04. The third kappa shape index (κ3) is 2.68. The van der Waals surface area contributed by atoms with Gasteiger partial charge in [0.05, 0.1) is 5.69 Å². The molecule has 0 saturated heterocycles. The molecule has 102 valence electrons. The van der Waals surface area contributed by atoms with E-state index in [1.165, 1.54) is 0 Å². The second-order valence-corrected chi connectivity index (χ2v) is 5.33. The van der Waals surface area contributed by atoms with Gasteiger partial charge in [0.25, 0.3) is 0 Å². The number of hydrogen-bond donors (Lipinski definition) is 1. The maximum atomic E-state index is 6.10. The zero-order valence-corrected chi connectivity index (χ0v) is 12.3. The molecule has 0 saturated carbocycles. The van der Waals surface area contributed by atoms with Gasteiger partial charge in [-0.2, -0.15) is 5.10 Å². The minimum absolute atomic E-state index is 0.254. The summed E-state index contributed by atoms with van der Waals surface area (Å²) in [6.45, 7) is 6.06. The summed E-state index contributed by atoms with van der Waals surface area (Å²) >= 11 is 5.98. The number of ether oxygens (including phenoxy) is 1. The molecule has 0 fully saturated rings. The van der Waals surface area contributed by atoms with Gasteiger partial charge in [0.2, 0.25) is 5.88 Å². The summed E-state index contributed by atoms with van der Waals surface area (Å²) in [5.74, 6) is 1.50. The molecule has 0 amide bonds. The number of rotatable bonds is 3. The molecule has 2 rings (SSSR count).